The molecule has 0 aromatic carbocycles. The van der Waals surface area contributed by atoms with Crippen LogP contribution in [0, 0.1) is 6.92 Å². The van der Waals surface area contributed by atoms with Gasteiger partial charge < -0.3 is 5.32 Å². The van der Waals surface area contributed by atoms with E-state index >= 15 is 0 Å². The number of thioether (sulfide) groups is 1. The van der Waals surface area contributed by atoms with Crippen molar-refractivity contribution in [2.45, 2.75) is 38.1 Å². The summed E-state index contributed by atoms with van der Waals surface area (Å²) in [6, 6.07) is 2.89. The molecule has 1 unspecified atom stereocenters. The van der Waals surface area contributed by atoms with Gasteiger partial charge in [-0.1, -0.05) is 0 Å². The predicted octanol–water partition coefficient (Wildman–Crippen LogP) is 3.04. The molecule has 1 aliphatic rings. The molecule has 1 atom stereocenters. The van der Waals surface area contributed by atoms with Gasteiger partial charge in [-0.15, -0.1) is 11.3 Å². The van der Waals surface area contributed by atoms with E-state index < -0.39 is 0 Å². The van der Waals surface area contributed by atoms with Crippen LogP contribution in [0.4, 0.5) is 0 Å². The van der Waals surface area contributed by atoms with Gasteiger partial charge in [0.25, 0.3) is 0 Å². The Bertz CT molecular complexity index is 317. The molecule has 1 nitrogen and oxygen atoms in total. The normalized spacial score (nSPS) is 24.6. The van der Waals surface area contributed by atoms with E-state index in [4.69, 9.17) is 0 Å². The van der Waals surface area contributed by atoms with E-state index in [9.17, 15) is 0 Å². The SMILES string of the molecule is Cc1ccsc1CNC1CSC1(C)C. The molecule has 1 aliphatic heterocycles. The van der Waals surface area contributed by atoms with Gasteiger partial charge in [-0.3, -0.25) is 0 Å². The summed E-state index contributed by atoms with van der Waals surface area (Å²) in [5, 5.41) is 5.82. The Morgan fingerprint density at radius 1 is 1.57 bits per heavy atom. The first-order chi connectivity index (χ1) is 6.59. The Morgan fingerprint density at radius 3 is 2.79 bits per heavy atom. The minimum absolute atomic E-state index is 0.436. The van der Waals surface area contributed by atoms with Crippen LogP contribution >= 0.6 is 23.1 Å². The van der Waals surface area contributed by atoms with Gasteiger partial charge in [0.2, 0.25) is 0 Å². The van der Waals surface area contributed by atoms with Crippen molar-refractivity contribution < 1.29 is 0 Å². The molecule has 3 heteroatoms. The molecule has 1 aromatic rings. The van der Waals surface area contributed by atoms with Gasteiger partial charge in [0, 0.05) is 28.0 Å². The molecule has 0 radical (unpaired) electrons. The first kappa shape index (κ1) is 10.5. The van der Waals surface area contributed by atoms with Crippen LogP contribution < -0.4 is 5.32 Å². The highest BCUT2D eigenvalue weighted by molar-refractivity contribution is 8.02. The average molecular weight is 227 g/mol. The molecule has 2 rings (SSSR count). The fraction of sp³-hybridized carbons (Fsp3) is 0.636. The number of thiophene rings is 1. The zero-order chi connectivity index (χ0) is 10.2. The zero-order valence-corrected chi connectivity index (χ0v) is 10.6. The summed E-state index contributed by atoms with van der Waals surface area (Å²) in [6.45, 7) is 7.87. The van der Waals surface area contributed by atoms with Crippen LogP contribution in [0.15, 0.2) is 11.4 Å². The summed E-state index contributed by atoms with van der Waals surface area (Å²) >= 11 is 3.91. The Hall–Kier alpha value is 0.01000. The monoisotopic (exact) mass is 227 g/mol. The third kappa shape index (κ3) is 2.00. The molecule has 2 heterocycles. The van der Waals surface area contributed by atoms with Crippen LogP contribution in [0.25, 0.3) is 0 Å². The van der Waals surface area contributed by atoms with E-state index in [1.165, 1.54) is 16.2 Å². The summed E-state index contributed by atoms with van der Waals surface area (Å²) in [5.74, 6) is 1.26. The summed E-state index contributed by atoms with van der Waals surface area (Å²) < 4.78 is 0.436. The maximum atomic E-state index is 3.64. The molecule has 0 saturated carbocycles. The van der Waals surface area contributed by atoms with Crippen molar-refractivity contribution in [1.82, 2.24) is 5.32 Å². The molecule has 0 bridgehead atoms. The van der Waals surface area contributed by atoms with Gasteiger partial charge in [-0.2, -0.15) is 11.8 Å². The Kier molecular flexibility index (Phi) is 2.91. The lowest BCUT2D eigenvalue weighted by atomic mass is 10.0. The summed E-state index contributed by atoms with van der Waals surface area (Å²) in [6.07, 6.45) is 0. The summed E-state index contributed by atoms with van der Waals surface area (Å²) in [4.78, 5) is 1.48. The quantitative estimate of drug-likeness (QED) is 0.852. The number of hydrogen-bond donors (Lipinski definition) is 1. The molecule has 0 amide bonds. The average Bonchev–Trinajstić information content (AvgIpc) is 2.50. The van der Waals surface area contributed by atoms with Crippen LogP contribution in [-0.2, 0) is 6.54 Å². The van der Waals surface area contributed by atoms with Crippen molar-refractivity contribution in [3.63, 3.8) is 0 Å². The predicted molar refractivity (Wildman–Crippen MR) is 66.2 cm³/mol. The highest BCUT2D eigenvalue weighted by atomic mass is 32.2. The molecular weight excluding hydrogens is 210 g/mol. The van der Waals surface area contributed by atoms with Gasteiger partial charge in [-0.05, 0) is 37.8 Å². The standard InChI is InChI=1S/C11H17NS2/c1-8-4-5-13-9(8)6-12-10-7-14-11(10,2)3/h4-5,10,12H,6-7H2,1-3H3. The molecule has 1 aromatic heterocycles. The first-order valence-electron chi connectivity index (χ1n) is 5.00. The van der Waals surface area contributed by atoms with E-state index in [1.807, 2.05) is 11.3 Å². The maximum Gasteiger partial charge on any atom is 0.0305 e. The topological polar surface area (TPSA) is 12.0 Å². The molecule has 0 aliphatic carbocycles. The second-order valence-corrected chi connectivity index (χ2v) is 7.05. The first-order valence-corrected chi connectivity index (χ1v) is 6.86. The van der Waals surface area contributed by atoms with Crippen LogP contribution in [0.5, 0.6) is 0 Å². The number of aryl methyl sites for hydroxylation is 1. The van der Waals surface area contributed by atoms with Crippen molar-refractivity contribution in [2.24, 2.45) is 0 Å². The highest BCUT2D eigenvalue weighted by Gasteiger charge is 2.38. The minimum Gasteiger partial charge on any atom is -0.307 e. The van der Waals surface area contributed by atoms with Crippen molar-refractivity contribution in [3.8, 4) is 0 Å². The second kappa shape index (κ2) is 3.87. The van der Waals surface area contributed by atoms with E-state index in [2.05, 4.69) is 49.3 Å². The van der Waals surface area contributed by atoms with Crippen LogP contribution in [-0.4, -0.2) is 16.5 Å². The minimum atomic E-state index is 0.436. The number of hydrogen-bond acceptors (Lipinski definition) is 3. The molecule has 1 fully saturated rings. The van der Waals surface area contributed by atoms with E-state index in [0.717, 1.165) is 6.54 Å². The Labute approximate surface area is 94.3 Å². The molecular formula is C11H17NS2. The fourth-order valence-corrected chi connectivity index (χ4v) is 3.66. The lowest BCUT2D eigenvalue weighted by Crippen LogP contribution is -2.54. The van der Waals surface area contributed by atoms with Crippen molar-refractivity contribution in [2.75, 3.05) is 5.75 Å². The number of rotatable bonds is 3. The molecule has 1 saturated heterocycles. The molecule has 78 valence electrons. The third-order valence-electron chi connectivity index (χ3n) is 2.94. The van der Waals surface area contributed by atoms with Gasteiger partial charge in [0.1, 0.15) is 0 Å². The van der Waals surface area contributed by atoms with Gasteiger partial charge in [-0.25, -0.2) is 0 Å². The van der Waals surface area contributed by atoms with E-state index in [0.29, 0.717) is 10.8 Å². The lowest BCUT2D eigenvalue weighted by molar-refractivity contribution is 0.437. The molecule has 14 heavy (non-hydrogen) atoms. The third-order valence-corrected chi connectivity index (χ3v) is 5.49. The zero-order valence-electron chi connectivity index (χ0n) is 8.96. The van der Waals surface area contributed by atoms with Gasteiger partial charge in [0.15, 0.2) is 0 Å². The largest absolute Gasteiger partial charge is 0.307 e. The second-order valence-electron chi connectivity index (χ2n) is 4.37. The van der Waals surface area contributed by atoms with E-state index in [1.54, 1.807) is 0 Å². The van der Waals surface area contributed by atoms with Crippen LogP contribution in [0.1, 0.15) is 24.3 Å². The maximum absolute atomic E-state index is 3.64. The van der Waals surface area contributed by atoms with Crippen LogP contribution in [0.3, 0.4) is 0 Å². The van der Waals surface area contributed by atoms with Gasteiger partial charge >= 0.3 is 0 Å². The summed E-state index contributed by atoms with van der Waals surface area (Å²) in [7, 11) is 0. The fourth-order valence-electron chi connectivity index (χ4n) is 1.61. The Balaban J connectivity index is 1.87. The van der Waals surface area contributed by atoms with Crippen molar-refractivity contribution >= 4 is 23.1 Å². The van der Waals surface area contributed by atoms with E-state index in [-0.39, 0.29) is 0 Å². The highest BCUT2D eigenvalue weighted by Crippen LogP contribution is 2.40. The van der Waals surface area contributed by atoms with Gasteiger partial charge in [0.05, 0.1) is 0 Å². The van der Waals surface area contributed by atoms with Crippen molar-refractivity contribution in [3.05, 3.63) is 21.9 Å². The lowest BCUT2D eigenvalue weighted by Gasteiger charge is -2.44. The molecule has 0 spiro atoms. The van der Waals surface area contributed by atoms with Crippen molar-refractivity contribution in [1.29, 1.82) is 0 Å². The summed E-state index contributed by atoms with van der Waals surface area (Å²) in [5.41, 5.74) is 1.42. The smallest absolute Gasteiger partial charge is 0.0305 e. The molecule has 1 N–H and O–H groups in total. The number of nitrogens with one attached hydrogen (secondary N) is 1. The Morgan fingerprint density at radius 2 is 2.36 bits per heavy atom. The van der Waals surface area contributed by atoms with Crippen LogP contribution in [0.2, 0.25) is 0 Å².